The first-order chi connectivity index (χ1) is 7.88. The SMILES string of the molecule is NCc1nc(CCOc2ccccc2)n[nH]1. The maximum atomic E-state index is 5.53. The van der Waals surface area contributed by atoms with E-state index >= 15 is 0 Å². The van der Waals surface area contributed by atoms with E-state index in [0.717, 1.165) is 11.6 Å². The quantitative estimate of drug-likeness (QED) is 0.781. The molecule has 1 heterocycles. The Morgan fingerprint density at radius 3 is 2.75 bits per heavy atom. The number of H-pyrrole nitrogens is 1. The smallest absolute Gasteiger partial charge is 0.154 e. The van der Waals surface area contributed by atoms with Crippen LogP contribution in [-0.2, 0) is 13.0 Å². The van der Waals surface area contributed by atoms with E-state index in [1.807, 2.05) is 30.3 Å². The first-order valence-electron chi connectivity index (χ1n) is 5.16. The lowest BCUT2D eigenvalue weighted by Gasteiger charge is -2.03. The van der Waals surface area contributed by atoms with E-state index in [1.54, 1.807) is 0 Å². The molecule has 0 aliphatic heterocycles. The minimum Gasteiger partial charge on any atom is -0.493 e. The van der Waals surface area contributed by atoms with E-state index in [4.69, 9.17) is 10.5 Å². The van der Waals surface area contributed by atoms with Crippen molar-refractivity contribution in [2.75, 3.05) is 6.61 Å². The molecule has 0 bridgehead atoms. The van der Waals surface area contributed by atoms with Crippen LogP contribution >= 0.6 is 0 Å². The van der Waals surface area contributed by atoms with Crippen molar-refractivity contribution < 1.29 is 4.74 Å². The van der Waals surface area contributed by atoms with Crippen molar-refractivity contribution >= 4 is 0 Å². The molecule has 0 spiro atoms. The molecule has 16 heavy (non-hydrogen) atoms. The zero-order valence-corrected chi connectivity index (χ0v) is 8.89. The highest BCUT2D eigenvalue weighted by Gasteiger charge is 2.01. The average Bonchev–Trinajstić information content (AvgIpc) is 2.78. The number of nitrogens with two attached hydrogens (primary N) is 1. The molecule has 0 saturated carbocycles. The molecule has 0 unspecified atom stereocenters. The molecule has 0 aliphatic rings. The number of aromatic nitrogens is 3. The summed E-state index contributed by atoms with van der Waals surface area (Å²) in [7, 11) is 0. The third-order valence-electron chi connectivity index (χ3n) is 2.11. The predicted molar refractivity (Wildman–Crippen MR) is 59.9 cm³/mol. The van der Waals surface area contributed by atoms with Crippen LogP contribution in [0.4, 0.5) is 0 Å². The van der Waals surface area contributed by atoms with Gasteiger partial charge in [-0.25, -0.2) is 4.98 Å². The van der Waals surface area contributed by atoms with Crippen molar-refractivity contribution in [2.24, 2.45) is 5.73 Å². The Balaban J connectivity index is 1.80. The highest BCUT2D eigenvalue weighted by atomic mass is 16.5. The molecule has 1 aromatic carbocycles. The predicted octanol–water partition coefficient (Wildman–Crippen LogP) is 0.885. The fourth-order valence-corrected chi connectivity index (χ4v) is 1.31. The van der Waals surface area contributed by atoms with Gasteiger partial charge in [-0.3, -0.25) is 5.10 Å². The molecule has 0 radical (unpaired) electrons. The molecule has 0 saturated heterocycles. The van der Waals surface area contributed by atoms with Crippen molar-refractivity contribution in [2.45, 2.75) is 13.0 Å². The Bertz CT molecular complexity index is 427. The summed E-state index contributed by atoms with van der Waals surface area (Å²) in [6.07, 6.45) is 0.672. The first-order valence-corrected chi connectivity index (χ1v) is 5.16. The summed E-state index contributed by atoms with van der Waals surface area (Å²) in [4.78, 5) is 4.19. The molecule has 3 N–H and O–H groups in total. The van der Waals surface area contributed by atoms with Crippen molar-refractivity contribution in [3.63, 3.8) is 0 Å². The Labute approximate surface area is 93.7 Å². The number of aromatic amines is 1. The van der Waals surface area contributed by atoms with Gasteiger partial charge >= 0.3 is 0 Å². The van der Waals surface area contributed by atoms with Crippen LogP contribution in [0.25, 0.3) is 0 Å². The van der Waals surface area contributed by atoms with Crippen LogP contribution in [0.2, 0.25) is 0 Å². The third-order valence-corrected chi connectivity index (χ3v) is 2.11. The molecular weight excluding hydrogens is 204 g/mol. The van der Waals surface area contributed by atoms with E-state index in [2.05, 4.69) is 15.2 Å². The lowest BCUT2D eigenvalue weighted by molar-refractivity contribution is 0.319. The van der Waals surface area contributed by atoms with E-state index in [9.17, 15) is 0 Å². The van der Waals surface area contributed by atoms with Gasteiger partial charge < -0.3 is 10.5 Å². The highest BCUT2D eigenvalue weighted by molar-refractivity contribution is 5.20. The van der Waals surface area contributed by atoms with Gasteiger partial charge in [0.05, 0.1) is 13.2 Å². The Morgan fingerprint density at radius 2 is 2.06 bits per heavy atom. The van der Waals surface area contributed by atoms with Crippen molar-refractivity contribution in [3.8, 4) is 5.75 Å². The van der Waals surface area contributed by atoms with Crippen LogP contribution in [0.5, 0.6) is 5.75 Å². The molecule has 2 aromatic rings. The van der Waals surface area contributed by atoms with Gasteiger partial charge in [0, 0.05) is 6.42 Å². The molecule has 0 atom stereocenters. The number of benzene rings is 1. The van der Waals surface area contributed by atoms with Gasteiger partial charge in [-0.05, 0) is 12.1 Å². The largest absolute Gasteiger partial charge is 0.493 e. The molecule has 5 heteroatoms. The van der Waals surface area contributed by atoms with Crippen molar-refractivity contribution in [1.29, 1.82) is 0 Å². The molecular formula is C11H14N4O. The topological polar surface area (TPSA) is 76.8 Å². The summed E-state index contributed by atoms with van der Waals surface area (Å²) in [5.74, 6) is 2.29. The van der Waals surface area contributed by atoms with Gasteiger partial charge in [-0.1, -0.05) is 18.2 Å². The second kappa shape index (κ2) is 5.27. The van der Waals surface area contributed by atoms with Crippen LogP contribution in [0.3, 0.4) is 0 Å². The fourth-order valence-electron chi connectivity index (χ4n) is 1.31. The first kappa shape index (κ1) is 10.6. The van der Waals surface area contributed by atoms with E-state index < -0.39 is 0 Å². The lowest BCUT2D eigenvalue weighted by Crippen LogP contribution is -2.03. The number of para-hydroxylation sites is 1. The average molecular weight is 218 g/mol. The lowest BCUT2D eigenvalue weighted by atomic mass is 10.3. The van der Waals surface area contributed by atoms with Gasteiger partial charge in [0.25, 0.3) is 0 Å². The minimum absolute atomic E-state index is 0.381. The maximum Gasteiger partial charge on any atom is 0.154 e. The van der Waals surface area contributed by atoms with Gasteiger partial charge in [0.1, 0.15) is 11.6 Å². The molecule has 5 nitrogen and oxygen atoms in total. The Kier molecular flexibility index (Phi) is 3.50. The van der Waals surface area contributed by atoms with Crippen molar-refractivity contribution in [1.82, 2.24) is 15.2 Å². The van der Waals surface area contributed by atoms with Crippen LogP contribution in [0, 0.1) is 0 Å². The Hall–Kier alpha value is -1.88. The van der Waals surface area contributed by atoms with E-state index in [-0.39, 0.29) is 0 Å². The molecule has 0 aliphatic carbocycles. The summed E-state index contributed by atoms with van der Waals surface area (Å²) in [6, 6.07) is 9.67. The van der Waals surface area contributed by atoms with Crippen LogP contribution in [0.15, 0.2) is 30.3 Å². The highest BCUT2D eigenvalue weighted by Crippen LogP contribution is 2.08. The van der Waals surface area contributed by atoms with Crippen LogP contribution < -0.4 is 10.5 Å². The number of rotatable bonds is 5. The summed E-state index contributed by atoms with van der Waals surface area (Å²) in [5.41, 5.74) is 5.42. The Morgan fingerprint density at radius 1 is 1.25 bits per heavy atom. The second-order valence-corrected chi connectivity index (χ2v) is 3.31. The van der Waals surface area contributed by atoms with Crippen molar-refractivity contribution in [3.05, 3.63) is 42.0 Å². The summed E-state index contributed by atoms with van der Waals surface area (Å²) >= 11 is 0. The summed E-state index contributed by atoms with van der Waals surface area (Å²) < 4.78 is 5.53. The number of ether oxygens (including phenoxy) is 1. The minimum atomic E-state index is 0.381. The standard InChI is InChI=1S/C11H14N4O/c12-8-11-13-10(14-15-11)6-7-16-9-4-2-1-3-5-9/h1-5H,6-8,12H2,(H,13,14,15). The zero-order chi connectivity index (χ0) is 11.2. The number of nitrogens with one attached hydrogen (secondary N) is 1. The van der Waals surface area contributed by atoms with Gasteiger partial charge in [-0.15, -0.1) is 0 Å². The molecule has 84 valence electrons. The number of hydrogen-bond acceptors (Lipinski definition) is 4. The maximum absolute atomic E-state index is 5.53. The second-order valence-electron chi connectivity index (χ2n) is 3.31. The monoisotopic (exact) mass is 218 g/mol. The summed E-state index contributed by atoms with van der Waals surface area (Å²) in [5, 5.41) is 6.78. The van der Waals surface area contributed by atoms with Crippen LogP contribution in [-0.4, -0.2) is 21.8 Å². The molecule has 0 fully saturated rings. The molecule has 1 aromatic heterocycles. The van der Waals surface area contributed by atoms with Gasteiger partial charge in [0.15, 0.2) is 5.82 Å². The van der Waals surface area contributed by atoms with Crippen LogP contribution in [0.1, 0.15) is 11.6 Å². The van der Waals surface area contributed by atoms with E-state index in [1.165, 1.54) is 0 Å². The third kappa shape index (κ3) is 2.80. The van der Waals surface area contributed by atoms with E-state index in [0.29, 0.717) is 25.4 Å². The molecule has 0 amide bonds. The molecule has 2 rings (SSSR count). The summed E-state index contributed by atoms with van der Waals surface area (Å²) in [6.45, 7) is 0.943. The fraction of sp³-hybridized carbons (Fsp3) is 0.273. The number of nitrogens with zero attached hydrogens (tertiary/aromatic N) is 2. The normalized spacial score (nSPS) is 10.3. The van der Waals surface area contributed by atoms with Gasteiger partial charge in [0.2, 0.25) is 0 Å². The zero-order valence-electron chi connectivity index (χ0n) is 8.89. The number of hydrogen-bond donors (Lipinski definition) is 2. The van der Waals surface area contributed by atoms with Gasteiger partial charge in [-0.2, -0.15) is 5.10 Å².